The normalized spacial score (nSPS) is 12.1. The van der Waals surface area contributed by atoms with E-state index in [0.29, 0.717) is 0 Å². The van der Waals surface area contributed by atoms with E-state index in [1.54, 1.807) is 9.13 Å². The number of rotatable bonds is 2. The maximum atomic E-state index is 8.07. The fraction of sp³-hybridized carbons (Fsp3) is 0.118. The van der Waals surface area contributed by atoms with Crippen LogP contribution < -0.4 is 4.57 Å². The summed E-state index contributed by atoms with van der Waals surface area (Å²) in [6.45, 7) is 1.92. The van der Waals surface area contributed by atoms with Gasteiger partial charge in [-0.1, -0.05) is 42.5 Å². The van der Waals surface area contributed by atoms with E-state index in [-0.39, 0.29) is 12.3 Å². The van der Waals surface area contributed by atoms with E-state index in [1.165, 1.54) is 5.56 Å². The third-order valence-electron chi connectivity index (χ3n) is 3.37. The Morgan fingerprint density at radius 1 is 0.947 bits per heavy atom. The Hall–Kier alpha value is -2.35. The first-order valence-corrected chi connectivity index (χ1v) is 6.30. The van der Waals surface area contributed by atoms with Gasteiger partial charge in [-0.05, 0) is 23.3 Å². The van der Waals surface area contributed by atoms with Gasteiger partial charge in [-0.15, -0.1) is 0 Å². The lowest BCUT2D eigenvalue weighted by atomic mass is 10.1. The summed E-state index contributed by atoms with van der Waals surface area (Å²) in [4.78, 5) is 0. The highest BCUT2D eigenvalue weighted by Crippen LogP contribution is 2.20. The molecule has 0 amide bonds. The summed E-state index contributed by atoms with van der Waals surface area (Å²) < 4.78 is 19.5. The van der Waals surface area contributed by atoms with E-state index in [1.807, 2.05) is 56.4 Å². The molecule has 3 aromatic rings. The summed E-state index contributed by atoms with van der Waals surface area (Å²) in [7, 11) is 1.81. The van der Waals surface area contributed by atoms with Crippen LogP contribution in [0.1, 0.15) is 8.57 Å². The molecule has 94 valence electrons. The molecule has 0 aliphatic heterocycles. The summed E-state index contributed by atoms with van der Waals surface area (Å²) in [6, 6.07) is 18.3. The molecule has 0 aliphatic carbocycles. The van der Waals surface area contributed by atoms with Gasteiger partial charge in [0.25, 0.3) is 5.82 Å². The molecule has 0 atom stereocenters. The van der Waals surface area contributed by atoms with Crippen molar-refractivity contribution in [2.45, 2.75) is 6.92 Å². The van der Waals surface area contributed by atoms with E-state index in [2.05, 4.69) is 12.1 Å². The van der Waals surface area contributed by atoms with Crippen LogP contribution in [0.25, 0.3) is 16.8 Å². The summed E-state index contributed by atoms with van der Waals surface area (Å²) in [5.41, 5.74) is 3.23. The Morgan fingerprint density at radius 2 is 1.58 bits per heavy atom. The molecule has 3 rings (SSSR count). The van der Waals surface area contributed by atoms with E-state index in [0.717, 1.165) is 17.1 Å². The number of imidazole rings is 1. The van der Waals surface area contributed by atoms with E-state index in [9.17, 15) is 0 Å². The third-order valence-corrected chi connectivity index (χ3v) is 3.37. The highest BCUT2D eigenvalue weighted by molar-refractivity contribution is 5.64. The lowest BCUT2D eigenvalue weighted by Gasteiger charge is -2.03. The zero-order valence-corrected chi connectivity index (χ0v) is 11.1. The minimum atomic E-state index is 0.211. The average Bonchev–Trinajstić information content (AvgIpc) is 2.72. The van der Waals surface area contributed by atoms with Crippen molar-refractivity contribution in [3.8, 4) is 16.8 Å². The molecule has 1 heterocycles. The van der Waals surface area contributed by atoms with Crippen molar-refractivity contribution in [3.63, 3.8) is 0 Å². The predicted molar refractivity (Wildman–Crippen MR) is 77.1 cm³/mol. The van der Waals surface area contributed by atoms with Crippen molar-refractivity contribution in [1.82, 2.24) is 4.57 Å². The van der Waals surface area contributed by atoms with Crippen LogP contribution in [-0.4, -0.2) is 4.57 Å². The fourth-order valence-corrected chi connectivity index (χ4v) is 2.12. The SMILES string of the molecule is [2H]c1c([2H])[n+](C)c(C)n1-c1ccc(-c2ccccc2)cc1. The van der Waals surface area contributed by atoms with Crippen molar-refractivity contribution in [2.75, 3.05) is 0 Å². The number of benzene rings is 2. The molecule has 2 heteroatoms. The summed E-state index contributed by atoms with van der Waals surface area (Å²) >= 11 is 0. The number of nitrogens with zero attached hydrogens (tertiary/aromatic N) is 2. The highest BCUT2D eigenvalue weighted by atomic mass is 15.1. The third kappa shape index (κ3) is 2.17. The minimum Gasteiger partial charge on any atom is -0.237 e. The van der Waals surface area contributed by atoms with Gasteiger partial charge in [-0.3, -0.25) is 0 Å². The van der Waals surface area contributed by atoms with Gasteiger partial charge in [0.1, 0.15) is 20.8 Å². The monoisotopic (exact) mass is 251 g/mol. The molecule has 1 aromatic heterocycles. The van der Waals surface area contributed by atoms with Crippen LogP contribution in [0.4, 0.5) is 0 Å². The van der Waals surface area contributed by atoms with E-state index < -0.39 is 0 Å². The molecular formula is C17H17N2+. The molecule has 0 spiro atoms. The van der Waals surface area contributed by atoms with Crippen molar-refractivity contribution in [2.24, 2.45) is 7.05 Å². The van der Waals surface area contributed by atoms with Crippen LogP contribution >= 0.6 is 0 Å². The van der Waals surface area contributed by atoms with Crippen LogP contribution in [0.2, 0.25) is 0 Å². The Kier molecular flexibility index (Phi) is 2.38. The second-order valence-electron chi connectivity index (χ2n) is 4.58. The Labute approximate surface area is 116 Å². The molecule has 0 bridgehead atoms. The van der Waals surface area contributed by atoms with Crippen molar-refractivity contribution in [1.29, 1.82) is 0 Å². The Bertz CT molecular complexity index is 749. The lowest BCUT2D eigenvalue weighted by molar-refractivity contribution is -0.677. The molecule has 0 saturated heterocycles. The van der Waals surface area contributed by atoms with Crippen LogP contribution in [0, 0.1) is 6.92 Å². The Morgan fingerprint density at radius 3 is 2.16 bits per heavy atom. The topological polar surface area (TPSA) is 8.81 Å². The maximum absolute atomic E-state index is 8.07. The zero-order valence-electron chi connectivity index (χ0n) is 13.1. The van der Waals surface area contributed by atoms with Gasteiger partial charge in [-0.2, -0.15) is 0 Å². The first kappa shape index (κ1) is 9.56. The molecule has 0 radical (unpaired) electrons. The van der Waals surface area contributed by atoms with E-state index in [4.69, 9.17) is 2.74 Å². The predicted octanol–water partition coefficient (Wildman–Crippen LogP) is 3.28. The summed E-state index contributed by atoms with van der Waals surface area (Å²) in [5.74, 6) is 0.873. The summed E-state index contributed by atoms with van der Waals surface area (Å²) in [6.07, 6.45) is 0.432. The van der Waals surface area contributed by atoms with Crippen LogP contribution in [0.15, 0.2) is 66.9 Å². The second kappa shape index (κ2) is 4.73. The molecule has 0 saturated carbocycles. The first-order chi connectivity index (χ1) is 10.1. The van der Waals surface area contributed by atoms with Crippen LogP contribution in [0.5, 0.6) is 0 Å². The average molecular weight is 251 g/mol. The first-order valence-electron chi connectivity index (χ1n) is 7.30. The molecule has 0 fully saturated rings. The fourth-order valence-electron chi connectivity index (χ4n) is 2.12. The maximum Gasteiger partial charge on any atom is 0.258 e. The van der Waals surface area contributed by atoms with Crippen LogP contribution in [-0.2, 0) is 7.05 Å². The quantitative estimate of drug-likeness (QED) is 0.618. The molecular weight excluding hydrogens is 232 g/mol. The van der Waals surface area contributed by atoms with Gasteiger partial charge < -0.3 is 0 Å². The highest BCUT2D eigenvalue weighted by Gasteiger charge is 2.10. The second-order valence-corrected chi connectivity index (χ2v) is 4.58. The number of aromatic nitrogens is 2. The molecule has 0 N–H and O–H groups in total. The van der Waals surface area contributed by atoms with Crippen molar-refractivity contribution >= 4 is 0 Å². The van der Waals surface area contributed by atoms with Gasteiger partial charge in [0.05, 0.1) is 7.05 Å². The lowest BCUT2D eigenvalue weighted by Crippen LogP contribution is -2.29. The van der Waals surface area contributed by atoms with Crippen molar-refractivity contribution < 1.29 is 7.31 Å². The molecule has 2 nitrogen and oxygen atoms in total. The summed E-state index contributed by atoms with van der Waals surface area (Å²) in [5, 5.41) is 0. The number of hydrogen-bond acceptors (Lipinski definition) is 0. The molecule has 19 heavy (non-hydrogen) atoms. The smallest absolute Gasteiger partial charge is 0.237 e. The van der Waals surface area contributed by atoms with Gasteiger partial charge in [0.2, 0.25) is 0 Å². The molecule has 0 aliphatic rings. The van der Waals surface area contributed by atoms with Gasteiger partial charge in [0.15, 0.2) is 0 Å². The molecule has 2 aromatic carbocycles. The Balaban J connectivity index is 2.05. The van der Waals surface area contributed by atoms with Gasteiger partial charge in [0, 0.05) is 6.92 Å². The van der Waals surface area contributed by atoms with Gasteiger partial charge >= 0.3 is 0 Å². The standard InChI is InChI=1S/C17H17N2/c1-14-18(2)12-13-19(14)17-10-8-16(9-11-17)15-6-4-3-5-7-15/h3-13H,1-2H3/q+1/i12D,13D. The van der Waals surface area contributed by atoms with Crippen molar-refractivity contribution in [3.05, 3.63) is 72.8 Å². The molecule has 0 unspecified atom stereocenters. The minimum absolute atomic E-state index is 0.211. The van der Waals surface area contributed by atoms with E-state index >= 15 is 0 Å². The largest absolute Gasteiger partial charge is 0.258 e. The zero-order chi connectivity index (χ0) is 15.0. The number of hydrogen-bond donors (Lipinski definition) is 0. The van der Waals surface area contributed by atoms with Gasteiger partial charge in [-0.25, -0.2) is 9.13 Å². The van der Waals surface area contributed by atoms with Crippen LogP contribution in [0.3, 0.4) is 0 Å².